The van der Waals surface area contributed by atoms with Gasteiger partial charge in [-0.1, -0.05) is 30.3 Å². The van der Waals surface area contributed by atoms with Gasteiger partial charge in [-0.25, -0.2) is 4.79 Å². The highest BCUT2D eigenvalue weighted by molar-refractivity contribution is 5.81. The molecule has 0 aromatic heterocycles. The summed E-state index contributed by atoms with van der Waals surface area (Å²) in [5.41, 5.74) is 2.87. The second-order valence-electron chi connectivity index (χ2n) is 4.44. The molecule has 1 N–H and O–H groups in total. The zero-order chi connectivity index (χ0) is 12.8. The number of carbonyl (C=O) groups is 1. The van der Waals surface area contributed by atoms with E-state index in [1.807, 2.05) is 6.08 Å². The highest BCUT2D eigenvalue weighted by Crippen LogP contribution is 2.21. The van der Waals surface area contributed by atoms with Crippen molar-refractivity contribution in [3.05, 3.63) is 47.5 Å². The van der Waals surface area contributed by atoms with Crippen molar-refractivity contribution in [2.75, 3.05) is 13.2 Å². The Morgan fingerprint density at radius 2 is 2.06 bits per heavy atom. The van der Waals surface area contributed by atoms with E-state index in [-0.39, 0.29) is 5.97 Å². The molecule has 0 unspecified atom stereocenters. The third-order valence-corrected chi connectivity index (χ3v) is 3.12. The van der Waals surface area contributed by atoms with Crippen molar-refractivity contribution in [1.29, 1.82) is 0 Å². The molecule has 0 atom stereocenters. The van der Waals surface area contributed by atoms with Crippen LogP contribution in [0.2, 0.25) is 0 Å². The summed E-state index contributed by atoms with van der Waals surface area (Å²) in [4.78, 5) is 11.1. The summed E-state index contributed by atoms with van der Waals surface area (Å²) in [6.45, 7) is 2.94. The number of carbonyl (C=O) groups excluding carboxylic acids is 1. The monoisotopic (exact) mass is 245 g/mol. The van der Waals surface area contributed by atoms with Gasteiger partial charge in [-0.15, -0.1) is 0 Å². The summed E-state index contributed by atoms with van der Waals surface area (Å²) in [5.74, 6) is -0.269. The van der Waals surface area contributed by atoms with Crippen LogP contribution in [0.3, 0.4) is 0 Å². The van der Waals surface area contributed by atoms with E-state index < -0.39 is 0 Å². The minimum absolute atomic E-state index is 0.269. The molecule has 1 aromatic rings. The molecule has 0 saturated carbocycles. The molecule has 0 saturated heterocycles. The molecule has 3 nitrogen and oxygen atoms in total. The van der Waals surface area contributed by atoms with Gasteiger partial charge in [0.1, 0.15) is 0 Å². The number of fused-ring (bicyclic) bond motifs is 1. The number of ether oxygens (including phenoxy) is 1. The van der Waals surface area contributed by atoms with Crippen molar-refractivity contribution in [3.63, 3.8) is 0 Å². The lowest BCUT2D eigenvalue weighted by Crippen LogP contribution is -2.29. The van der Waals surface area contributed by atoms with Crippen LogP contribution in [-0.2, 0) is 22.4 Å². The number of hydrogen-bond donors (Lipinski definition) is 1. The van der Waals surface area contributed by atoms with E-state index in [1.54, 1.807) is 6.92 Å². The van der Waals surface area contributed by atoms with Crippen LogP contribution in [0, 0.1) is 0 Å². The topological polar surface area (TPSA) is 38.3 Å². The number of rotatable bonds is 5. The summed E-state index contributed by atoms with van der Waals surface area (Å²) >= 11 is 0. The van der Waals surface area contributed by atoms with Gasteiger partial charge in [0.25, 0.3) is 0 Å². The highest BCUT2D eigenvalue weighted by Gasteiger charge is 2.19. The van der Waals surface area contributed by atoms with Gasteiger partial charge in [-0.3, -0.25) is 0 Å². The molecule has 3 heteroatoms. The SMILES string of the molecule is CCOC(=O)/C=C/CNC1Cc2ccccc2C1. The van der Waals surface area contributed by atoms with Crippen molar-refractivity contribution in [3.8, 4) is 0 Å². The van der Waals surface area contributed by atoms with Crippen LogP contribution in [0.4, 0.5) is 0 Å². The van der Waals surface area contributed by atoms with Gasteiger partial charge in [0, 0.05) is 18.7 Å². The van der Waals surface area contributed by atoms with E-state index >= 15 is 0 Å². The Balaban J connectivity index is 1.72. The fourth-order valence-electron chi connectivity index (χ4n) is 2.28. The van der Waals surface area contributed by atoms with Gasteiger partial charge in [-0.2, -0.15) is 0 Å². The minimum atomic E-state index is -0.269. The van der Waals surface area contributed by atoms with E-state index in [1.165, 1.54) is 17.2 Å². The van der Waals surface area contributed by atoms with Gasteiger partial charge in [0.05, 0.1) is 6.61 Å². The molecule has 0 aliphatic heterocycles. The molecule has 0 fully saturated rings. The summed E-state index contributed by atoms with van der Waals surface area (Å²) in [6.07, 6.45) is 5.45. The molecule has 0 heterocycles. The third-order valence-electron chi connectivity index (χ3n) is 3.12. The lowest BCUT2D eigenvalue weighted by Gasteiger charge is -2.09. The van der Waals surface area contributed by atoms with Crippen LogP contribution in [0.1, 0.15) is 18.1 Å². The predicted molar refractivity (Wildman–Crippen MR) is 71.4 cm³/mol. The van der Waals surface area contributed by atoms with Crippen LogP contribution in [0.15, 0.2) is 36.4 Å². The Bertz CT molecular complexity index is 415. The Morgan fingerprint density at radius 3 is 2.67 bits per heavy atom. The Morgan fingerprint density at radius 1 is 1.39 bits per heavy atom. The summed E-state index contributed by atoms with van der Waals surface area (Å²) in [7, 11) is 0. The Hall–Kier alpha value is -1.61. The molecule has 0 amide bonds. The first kappa shape index (κ1) is 12.8. The molecular formula is C15H19NO2. The van der Waals surface area contributed by atoms with E-state index in [9.17, 15) is 4.79 Å². The zero-order valence-electron chi connectivity index (χ0n) is 10.7. The standard InChI is InChI=1S/C15H19NO2/c1-2-18-15(17)8-5-9-16-14-10-12-6-3-4-7-13(12)11-14/h3-8,14,16H,2,9-11H2,1H3/b8-5+. The molecule has 18 heavy (non-hydrogen) atoms. The number of hydrogen-bond acceptors (Lipinski definition) is 3. The predicted octanol–water partition coefficient (Wildman–Crippen LogP) is 1.86. The first-order chi connectivity index (χ1) is 8.79. The first-order valence-electron chi connectivity index (χ1n) is 6.43. The minimum Gasteiger partial charge on any atom is -0.463 e. The van der Waals surface area contributed by atoms with Crippen LogP contribution in [-0.4, -0.2) is 25.2 Å². The highest BCUT2D eigenvalue weighted by atomic mass is 16.5. The maximum Gasteiger partial charge on any atom is 0.330 e. The fourth-order valence-corrected chi connectivity index (χ4v) is 2.28. The van der Waals surface area contributed by atoms with Crippen LogP contribution in [0.25, 0.3) is 0 Å². The largest absolute Gasteiger partial charge is 0.463 e. The quantitative estimate of drug-likeness (QED) is 0.635. The summed E-state index contributed by atoms with van der Waals surface area (Å²) in [5, 5.41) is 3.43. The first-order valence-corrected chi connectivity index (χ1v) is 6.43. The molecule has 0 radical (unpaired) electrons. The molecule has 96 valence electrons. The van der Waals surface area contributed by atoms with Crippen LogP contribution < -0.4 is 5.32 Å². The Kier molecular flexibility index (Phi) is 4.53. The van der Waals surface area contributed by atoms with E-state index in [4.69, 9.17) is 4.74 Å². The van der Waals surface area contributed by atoms with Crippen molar-refractivity contribution in [1.82, 2.24) is 5.32 Å². The molecular weight excluding hydrogens is 226 g/mol. The number of esters is 1. The molecule has 1 aliphatic carbocycles. The van der Waals surface area contributed by atoms with E-state index in [2.05, 4.69) is 29.6 Å². The average molecular weight is 245 g/mol. The fraction of sp³-hybridized carbons (Fsp3) is 0.400. The number of nitrogens with one attached hydrogen (secondary N) is 1. The normalized spacial score (nSPS) is 14.9. The zero-order valence-corrected chi connectivity index (χ0v) is 10.7. The number of benzene rings is 1. The van der Waals surface area contributed by atoms with Crippen LogP contribution in [0.5, 0.6) is 0 Å². The van der Waals surface area contributed by atoms with E-state index in [0.29, 0.717) is 19.2 Å². The van der Waals surface area contributed by atoms with Crippen molar-refractivity contribution < 1.29 is 9.53 Å². The molecule has 2 rings (SSSR count). The average Bonchev–Trinajstić information content (AvgIpc) is 2.77. The Labute approximate surface area is 108 Å². The maximum absolute atomic E-state index is 11.1. The summed E-state index contributed by atoms with van der Waals surface area (Å²) < 4.78 is 4.81. The molecule has 1 aromatic carbocycles. The van der Waals surface area contributed by atoms with Gasteiger partial charge >= 0.3 is 5.97 Å². The molecule has 0 spiro atoms. The second-order valence-corrected chi connectivity index (χ2v) is 4.44. The van der Waals surface area contributed by atoms with Crippen molar-refractivity contribution in [2.24, 2.45) is 0 Å². The van der Waals surface area contributed by atoms with Gasteiger partial charge < -0.3 is 10.1 Å². The second kappa shape index (κ2) is 6.36. The van der Waals surface area contributed by atoms with Crippen molar-refractivity contribution >= 4 is 5.97 Å². The van der Waals surface area contributed by atoms with Gasteiger partial charge in [0.15, 0.2) is 0 Å². The van der Waals surface area contributed by atoms with Gasteiger partial charge in [0.2, 0.25) is 0 Å². The smallest absolute Gasteiger partial charge is 0.330 e. The van der Waals surface area contributed by atoms with E-state index in [0.717, 1.165) is 12.8 Å². The summed E-state index contributed by atoms with van der Waals surface area (Å²) in [6, 6.07) is 9.02. The molecule has 0 bridgehead atoms. The lowest BCUT2D eigenvalue weighted by molar-refractivity contribution is -0.137. The lowest BCUT2D eigenvalue weighted by atomic mass is 10.1. The third kappa shape index (κ3) is 3.44. The maximum atomic E-state index is 11.1. The van der Waals surface area contributed by atoms with Crippen molar-refractivity contribution in [2.45, 2.75) is 25.8 Å². The van der Waals surface area contributed by atoms with Crippen LogP contribution >= 0.6 is 0 Å². The molecule has 1 aliphatic rings. The van der Waals surface area contributed by atoms with Gasteiger partial charge in [-0.05, 0) is 30.9 Å².